The first-order valence-corrected chi connectivity index (χ1v) is 8.15. The van der Waals surface area contributed by atoms with E-state index < -0.39 is 54.1 Å². The summed E-state index contributed by atoms with van der Waals surface area (Å²) in [6, 6.07) is 3.55. The van der Waals surface area contributed by atoms with E-state index in [2.05, 4.69) is 17.2 Å². The summed E-state index contributed by atoms with van der Waals surface area (Å²) in [7, 11) is 0. The van der Waals surface area contributed by atoms with E-state index in [1.165, 1.54) is 25.1 Å². The van der Waals surface area contributed by atoms with Gasteiger partial charge in [-0.15, -0.1) is 0 Å². The van der Waals surface area contributed by atoms with Crippen LogP contribution in [0.15, 0.2) is 36.9 Å². The van der Waals surface area contributed by atoms with Crippen molar-refractivity contribution in [2.75, 3.05) is 13.1 Å². The van der Waals surface area contributed by atoms with Gasteiger partial charge >= 0.3 is 0 Å². The Morgan fingerprint density at radius 2 is 1.96 bits per heavy atom. The molecule has 1 aromatic rings. The Kier molecular flexibility index (Phi) is 5.62. The van der Waals surface area contributed by atoms with Gasteiger partial charge in [-0.1, -0.05) is 24.8 Å². The fourth-order valence-corrected chi connectivity index (χ4v) is 3.00. The summed E-state index contributed by atoms with van der Waals surface area (Å²) in [4.78, 5) is 36.8. The smallest absolute Gasteiger partial charge is 0.286 e. The number of amides is 3. The molecule has 0 aromatic heterocycles. The van der Waals surface area contributed by atoms with E-state index in [0.717, 1.165) is 24.0 Å². The van der Waals surface area contributed by atoms with Crippen LogP contribution in [0.2, 0.25) is 0 Å². The number of alkyl halides is 2. The van der Waals surface area contributed by atoms with Gasteiger partial charge in [0.15, 0.2) is 0 Å². The van der Waals surface area contributed by atoms with E-state index in [4.69, 9.17) is 0 Å². The lowest BCUT2D eigenvalue weighted by atomic mass is 9.89. The van der Waals surface area contributed by atoms with Gasteiger partial charge < -0.3 is 15.5 Å². The molecule has 6 nitrogen and oxygen atoms in total. The van der Waals surface area contributed by atoms with Gasteiger partial charge in [-0.2, -0.15) is 0 Å². The molecule has 1 aliphatic heterocycles. The Labute approximate surface area is 154 Å². The SMILES string of the molecule is C=CC(=O)N1CC(NC(=O)C(C)(NC(C)=O)c2ccccc2F)C(F)(F)C1. The molecule has 146 valence electrons. The average Bonchev–Trinajstić information content (AvgIpc) is 2.88. The van der Waals surface area contributed by atoms with Crippen LogP contribution < -0.4 is 10.6 Å². The number of benzene rings is 1. The molecule has 2 atom stereocenters. The van der Waals surface area contributed by atoms with E-state index in [0.29, 0.717) is 0 Å². The number of hydrogen-bond donors (Lipinski definition) is 2. The van der Waals surface area contributed by atoms with Crippen molar-refractivity contribution in [1.29, 1.82) is 0 Å². The first-order valence-electron chi connectivity index (χ1n) is 8.15. The molecule has 1 saturated heterocycles. The zero-order chi connectivity index (χ0) is 20.4. The maximum Gasteiger partial charge on any atom is 0.286 e. The molecule has 0 saturated carbocycles. The van der Waals surface area contributed by atoms with E-state index in [1.807, 2.05) is 0 Å². The Bertz CT molecular complexity index is 784. The predicted octanol–water partition coefficient (Wildman–Crippen LogP) is 1.33. The third-order valence-electron chi connectivity index (χ3n) is 4.40. The van der Waals surface area contributed by atoms with Crippen molar-refractivity contribution < 1.29 is 27.6 Å². The maximum atomic E-state index is 14.2. The molecule has 3 amide bonds. The maximum absolute atomic E-state index is 14.2. The summed E-state index contributed by atoms with van der Waals surface area (Å²) in [6.45, 7) is 4.29. The van der Waals surface area contributed by atoms with Gasteiger partial charge in [0, 0.05) is 19.0 Å². The van der Waals surface area contributed by atoms with Crippen LogP contribution in [0.4, 0.5) is 13.2 Å². The number of rotatable bonds is 5. The summed E-state index contributed by atoms with van der Waals surface area (Å²) >= 11 is 0. The van der Waals surface area contributed by atoms with Crippen LogP contribution in [0, 0.1) is 5.82 Å². The molecular weight excluding hydrogens is 363 g/mol. The molecule has 1 fully saturated rings. The Balaban J connectivity index is 2.32. The zero-order valence-electron chi connectivity index (χ0n) is 14.9. The van der Waals surface area contributed by atoms with Crippen LogP contribution in [0.3, 0.4) is 0 Å². The van der Waals surface area contributed by atoms with E-state index in [1.54, 1.807) is 0 Å². The molecular formula is C18H20F3N3O3. The number of nitrogens with zero attached hydrogens (tertiary/aromatic N) is 1. The normalized spacial score (nSPS) is 20.5. The van der Waals surface area contributed by atoms with Crippen LogP contribution in [0.5, 0.6) is 0 Å². The van der Waals surface area contributed by atoms with Crippen LogP contribution in [0.1, 0.15) is 19.4 Å². The highest BCUT2D eigenvalue weighted by Gasteiger charge is 2.51. The third kappa shape index (κ3) is 4.12. The monoisotopic (exact) mass is 383 g/mol. The van der Waals surface area contributed by atoms with Gasteiger partial charge in [-0.25, -0.2) is 13.2 Å². The van der Waals surface area contributed by atoms with Crippen molar-refractivity contribution in [2.24, 2.45) is 0 Å². The highest BCUT2D eigenvalue weighted by Crippen LogP contribution is 2.30. The first kappa shape index (κ1) is 20.5. The molecule has 0 spiro atoms. The molecule has 1 heterocycles. The highest BCUT2D eigenvalue weighted by atomic mass is 19.3. The number of carbonyl (C=O) groups is 3. The third-order valence-corrected chi connectivity index (χ3v) is 4.40. The van der Waals surface area contributed by atoms with Gasteiger partial charge in [-0.05, 0) is 19.1 Å². The van der Waals surface area contributed by atoms with Gasteiger partial charge in [0.1, 0.15) is 17.4 Å². The van der Waals surface area contributed by atoms with E-state index >= 15 is 0 Å². The van der Waals surface area contributed by atoms with E-state index in [9.17, 15) is 27.6 Å². The molecule has 1 aliphatic rings. The predicted molar refractivity (Wildman–Crippen MR) is 91.2 cm³/mol. The molecule has 2 unspecified atom stereocenters. The van der Waals surface area contributed by atoms with Crippen LogP contribution >= 0.6 is 0 Å². The Hall–Kier alpha value is -2.84. The second kappa shape index (κ2) is 7.42. The lowest BCUT2D eigenvalue weighted by Gasteiger charge is -2.32. The number of likely N-dealkylation sites (tertiary alicyclic amines) is 1. The van der Waals surface area contributed by atoms with Crippen molar-refractivity contribution in [3.05, 3.63) is 48.3 Å². The number of hydrogen-bond acceptors (Lipinski definition) is 3. The molecule has 0 radical (unpaired) electrons. The van der Waals surface area contributed by atoms with Crippen molar-refractivity contribution in [2.45, 2.75) is 31.4 Å². The standard InChI is InChI=1S/C18H20F3N3O3/c1-4-15(26)24-9-14(18(20,21)10-24)22-16(27)17(3,23-11(2)25)12-7-5-6-8-13(12)19/h4-8,14H,1,9-10H2,2-3H3,(H,22,27)(H,23,25). The highest BCUT2D eigenvalue weighted by molar-refractivity contribution is 5.92. The van der Waals surface area contributed by atoms with Crippen molar-refractivity contribution >= 4 is 17.7 Å². The fraction of sp³-hybridized carbons (Fsp3) is 0.389. The molecule has 0 aliphatic carbocycles. The minimum Gasteiger partial charge on any atom is -0.343 e. The second-order valence-electron chi connectivity index (χ2n) is 6.50. The molecule has 2 rings (SSSR count). The molecule has 2 N–H and O–H groups in total. The Morgan fingerprint density at radius 3 is 2.52 bits per heavy atom. The lowest BCUT2D eigenvalue weighted by Crippen LogP contribution is -2.59. The average molecular weight is 383 g/mol. The van der Waals surface area contributed by atoms with Crippen molar-refractivity contribution in [3.8, 4) is 0 Å². The van der Waals surface area contributed by atoms with Crippen LogP contribution in [0.25, 0.3) is 0 Å². The van der Waals surface area contributed by atoms with Crippen molar-refractivity contribution in [1.82, 2.24) is 15.5 Å². The molecule has 0 bridgehead atoms. The first-order chi connectivity index (χ1) is 12.5. The van der Waals surface area contributed by atoms with Crippen molar-refractivity contribution in [3.63, 3.8) is 0 Å². The number of halogens is 3. The van der Waals surface area contributed by atoms with Crippen LogP contribution in [-0.4, -0.2) is 47.7 Å². The quantitative estimate of drug-likeness (QED) is 0.753. The fourth-order valence-electron chi connectivity index (χ4n) is 3.00. The number of nitrogens with one attached hydrogen (secondary N) is 2. The largest absolute Gasteiger partial charge is 0.343 e. The second-order valence-corrected chi connectivity index (χ2v) is 6.50. The van der Waals surface area contributed by atoms with Gasteiger partial charge in [0.2, 0.25) is 11.8 Å². The Morgan fingerprint density at radius 1 is 1.33 bits per heavy atom. The molecule has 1 aromatic carbocycles. The summed E-state index contributed by atoms with van der Waals surface area (Å²) in [5, 5.41) is 4.48. The summed E-state index contributed by atoms with van der Waals surface area (Å²) < 4.78 is 42.7. The lowest BCUT2D eigenvalue weighted by molar-refractivity contribution is -0.135. The minimum absolute atomic E-state index is 0.168. The van der Waals surface area contributed by atoms with Gasteiger partial charge in [0.05, 0.1) is 6.54 Å². The van der Waals surface area contributed by atoms with Gasteiger partial charge in [-0.3, -0.25) is 14.4 Å². The van der Waals surface area contributed by atoms with Crippen LogP contribution in [-0.2, 0) is 19.9 Å². The summed E-state index contributed by atoms with van der Waals surface area (Å²) in [6.07, 6.45) is 0.904. The van der Waals surface area contributed by atoms with E-state index in [-0.39, 0.29) is 5.56 Å². The summed E-state index contributed by atoms with van der Waals surface area (Å²) in [5.74, 6) is -6.51. The molecule has 27 heavy (non-hydrogen) atoms. The minimum atomic E-state index is -3.39. The topological polar surface area (TPSA) is 78.5 Å². The summed E-state index contributed by atoms with van der Waals surface area (Å²) in [5.41, 5.74) is -2.08. The number of carbonyl (C=O) groups excluding carboxylic acids is 3. The van der Waals surface area contributed by atoms with Gasteiger partial charge in [0.25, 0.3) is 11.8 Å². The molecule has 9 heteroatoms. The zero-order valence-corrected chi connectivity index (χ0v) is 14.9.